The molecule has 0 heterocycles. The van der Waals surface area contributed by atoms with Crippen LogP contribution < -0.4 is 20.5 Å². The Balaban J connectivity index is 2.82. The van der Waals surface area contributed by atoms with Gasteiger partial charge in [-0.1, -0.05) is 6.92 Å². The summed E-state index contributed by atoms with van der Waals surface area (Å²) in [5.74, 6) is 1.85. The fourth-order valence-corrected chi connectivity index (χ4v) is 1.55. The molecule has 3 N–H and O–H groups in total. The van der Waals surface area contributed by atoms with Crippen LogP contribution in [0.2, 0.25) is 0 Å². The third-order valence-corrected chi connectivity index (χ3v) is 2.32. The molecule has 0 aromatic heterocycles. The maximum atomic E-state index is 5.78. The summed E-state index contributed by atoms with van der Waals surface area (Å²) >= 11 is 0. The van der Waals surface area contributed by atoms with Gasteiger partial charge in [0, 0.05) is 18.3 Å². The number of benzene rings is 1. The molecule has 0 atom stereocenters. The first-order valence-electron chi connectivity index (χ1n) is 6.67. The average Bonchev–Trinajstić information content (AvgIpc) is 2.40. The lowest BCUT2D eigenvalue weighted by Gasteiger charge is -2.13. The topological polar surface area (TPSA) is 68.9 Å². The van der Waals surface area contributed by atoms with E-state index in [-0.39, 0.29) is 0 Å². The second-order valence-corrected chi connectivity index (χ2v) is 3.92. The molecule has 5 heteroatoms. The zero-order valence-corrected chi connectivity index (χ0v) is 11.9. The smallest absolute Gasteiger partial charge is 0.193 e. The highest BCUT2D eigenvalue weighted by molar-refractivity contribution is 5.92. The van der Waals surface area contributed by atoms with Gasteiger partial charge in [-0.15, -0.1) is 0 Å². The minimum atomic E-state index is 0.411. The van der Waals surface area contributed by atoms with E-state index in [2.05, 4.69) is 17.2 Å². The Hall–Kier alpha value is -1.91. The Morgan fingerprint density at radius 3 is 2.47 bits per heavy atom. The standard InChI is InChI=1S/C14H23N3O2/c1-4-9-16-14(15)17-11-7-8-12(18-5-2)13(10-11)19-6-3/h7-8,10H,4-6,9H2,1-3H3,(H3,15,16,17). The van der Waals surface area contributed by atoms with Crippen LogP contribution >= 0.6 is 0 Å². The molecule has 0 aliphatic heterocycles. The van der Waals surface area contributed by atoms with Crippen molar-refractivity contribution in [3.05, 3.63) is 18.2 Å². The molecule has 19 heavy (non-hydrogen) atoms. The van der Waals surface area contributed by atoms with Crippen LogP contribution in [0.25, 0.3) is 0 Å². The molecule has 0 aliphatic rings. The van der Waals surface area contributed by atoms with E-state index in [1.54, 1.807) is 0 Å². The van der Waals surface area contributed by atoms with E-state index in [9.17, 15) is 0 Å². The van der Waals surface area contributed by atoms with Crippen LogP contribution in [0, 0.1) is 0 Å². The van der Waals surface area contributed by atoms with Gasteiger partial charge in [0.1, 0.15) is 0 Å². The SMILES string of the molecule is CCCN=C(N)Nc1ccc(OCC)c(OCC)c1. The lowest BCUT2D eigenvalue weighted by Crippen LogP contribution is -2.22. The van der Waals surface area contributed by atoms with Gasteiger partial charge in [0.25, 0.3) is 0 Å². The van der Waals surface area contributed by atoms with Gasteiger partial charge in [-0.3, -0.25) is 4.99 Å². The van der Waals surface area contributed by atoms with E-state index in [1.807, 2.05) is 32.0 Å². The van der Waals surface area contributed by atoms with Gasteiger partial charge in [-0.25, -0.2) is 0 Å². The number of hydrogen-bond acceptors (Lipinski definition) is 3. The summed E-state index contributed by atoms with van der Waals surface area (Å²) in [7, 11) is 0. The van der Waals surface area contributed by atoms with E-state index in [1.165, 1.54) is 0 Å². The van der Waals surface area contributed by atoms with Gasteiger partial charge in [0.2, 0.25) is 0 Å². The van der Waals surface area contributed by atoms with Crippen molar-refractivity contribution in [1.29, 1.82) is 0 Å². The monoisotopic (exact) mass is 265 g/mol. The van der Waals surface area contributed by atoms with Crippen molar-refractivity contribution in [3.8, 4) is 11.5 Å². The van der Waals surface area contributed by atoms with Crippen molar-refractivity contribution >= 4 is 11.6 Å². The van der Waals surface area contributed by atoms with Crippen LogP contribution in [0.3, 0.4) is 0 Å². The number of nitrogens with zero attached hydrogens (tertiary/aromatic N) is 1. The van der Waals surface area contributed by atoms with Crippen molar-refractivity contribution < 1.29 is 9.47 Å². The second kappa shape index (κ2) is 8.24. The lowest BCUT2D eigenvalue weighted by molar-refractivity contribution is 0.288. The van der Waals surface area contributed by atoms with Gasteiger partial charge in [-0.05, 0) is 32.4 Å². The van der Waals surface area contributed by atoms with Crippen molar-refractivity contribution in [1.82, 2.24) is 0 Å². The Morgan fingerprint density at radius 1 is 1.16 bits per heavy atom. The lowest BCUT2D eigenvalue weighted by atomic mass is 10.2. The first kappa shape index (κ1) is 15.1. The van der Waals surface area contributed by atoms with Crippen LogP contribution in [0.4, 0.5) is 5.69 Å². The third kappa shape index (κ3) is 5.07. The minimum Gasteiger partial charge on any atom is -0.490 e. The molecule has 1 rings (SSSR count). The molecule has 0 saturated carbocycles. The van der Waals surface area contributed by atoms with Crippen LogP contribution in [0.1, 0.15) is 27.2 Å². The summed E-state index contributed by atoms with van der Waals surface area (Å²) in [5, 5.41) is 3.04. The Labute approximate surface area is 114 Å². The third-order valence-electron chi connectivity index (χ3n) is 2.32. The van der Waals surface area contributed by atoms with Crippen LogP contribution in [0.5, 0.6) is 11.5 Å². The predicted octanol–water partition coefficient (Wildman–Crippen LogP) is 2.62. The number of nitrogens with one attached hydrogen (secondary N) is 1. The van der Waals surface area contributed by atoms with Crippen molar-refractivity contribution in [2.45, 2.75) is 27.2 Å². The summed E-state index contributed by atoms with van der Waals surface area (Å²) in [4.78, 5) is 4.18. The molecule has 1 aromatic rings. The van der Waals surface area contributed by atoms with Gasteiger partial charge >= 0.3 is 0 Å². The molecule has 1 aromatic carbocycles. The molecule has 0 spiro atoms. The van der Waals surface area contributed by atoms with Gasteiger partial charge < -0.3 is 20.5 Å². The number of nitrogens with two attached hydrogens (primary N) is 1. The molecule has 0 radical (unpaired) electrons. The Bertz CT molecular complexity index is 419. The van der Waals surface area contributed by atoms with Crippen LogP contribution in [-0.4, -0.2) is 25.7 Å². The number of aliphatic imine (C=N–C) groups is 1. The quantitative estimate of drug-likeness (QED) is 0.587. The highest BCUT2D eigenvalue weighted by Gasteiger charge is 2.06. The number of rotatable bonds is 7. The van der Waals surface area contributed by atoms with Crippen molar-refractivity contribution in [2.75, 3.05) is 25.1 Å². The highest BCUT2D eigenvalue weighted by atomic mass is 16.5. The largest absolute Gasteiger partial charge is 0.490 e. The first-order valence-corrected chi connectivity index (χ1v) is 6.67. The molecule has 0 saturated heterocycles. The number of guanidine groups is 1. The minimum absolute atomic E-state index is 0.411. The Morgan fingerprint density at radius 2 is 1.84 bits per heavy atom. The summed E-state index contributed by atoms with van der Waals surface area (Å²) in [6.07, 6.45) is 0.968. The summed E-state index contributed by atoms with van der Waals surface area (Å²) in [6.45, 7) is 7.84. The number of anilines is 1. The van der Waals surface area contributed by atoms with E-state index in [4.69, 9.17) is 15.2 Å². The molecular formula is C14H23N3O2. The maximum absolute atomic E-state index is 5.78. The molecule has 0 aliphatic carbocycles. The molecule has 0 amide bonds. The van der Waals surface area contributed by atoms with Crippen LogP contribution in [-0.2, 0) is 0 Å². The zero-order chi connectivity index (χ0) is 14.1. The molecule has 0 bridgehead atoms. The van der Waals surface area contributed by atoms with Crippen LogP contribution in [0.15, 0.2) is 23.2 Å². The van der Waals surface area contributed by atoms with Crippen molar-refractivity contribution in [2.24, 2.45) is 10.7 Å². The zero-order valence-electron chi connectivity index (χ0n) is 11.9. The molecule has 0 unspecified atom stereocenters. The van der Waals surface area contributed by atoms with E-state index in [0.717, 1.165) is 17.9 Å². The summed E-state index contributed by atoms with van der Waals surface area (Å²) < 4.78 is 11.0. The summed E-state index contributed by atoms with van der Waals surface area (Å²) in [5.41, 5.74) is 6.62. The fraction of sp³-hybridized carbons (Fsp3) is 0.500. The average molecular weight is 265 g/mol. The fourth-order valence-electron chi connectivity index (χ4n) is 1.55. The second-order valence-electron chi connectivity index (χ2n) is 3.92. The van der Waals surface area contributed by atoms with E-state index in [0.29, 0.717) is 31.5 Å². The number of ether oxygens (including phenoxy) is 2. The Kier molecular flexibility index (Phi) is 6.57. The van der Waals surface area contributed by atoms with Crippen molar-refractivity contribution in [3.63, 3.8) is 0 Å². The van der Waals surface area contributed by atoms with Gasteiger partial charge in [-0.2, -0.15) is 0 Å². The van der Waals surface area contributed by atoms with Gasteiger partial charge in [0.05, 0.1) is 13.2 Å². The number of hydrogen-bond donors (Lipinski definition) is 2. The van der Waals surface area contributed by atoms with Gasteiger partial charge in [0.15, 0.2) is 17.5 Å². The normalized spacial score (nSPS) is 11.2. The summed E-state index contributed by atoms with van der Waals surface area (Å²) in [6, 6.07) is 5.62. The first-order chi connectivity index (χ1) is 9.21. The maximum Gasteiger partial charge on any atom is 0.193 e. The highest BCUT2D eigenvalue weighted by Crippen LogP contribution is 2.30. The molecule has 5 nitrogen and oxygen atoms in total. The predicted molar refractivity (Wildman–Crippen MR) is 79.2 cm³/mol. The molecular weight excluding hydrogens is 242 g/mol. The molecule has 0 fully saturated rings. The molecule has 106 valence electrons. The van der Waals surface area contributed by atoms with E-state index < -0.39 is 0 Å². The van der Waals surface area contributed by atoms with E-state index >= 15 is 0 Å².